The van der Waals surface area contributed by atoms with Gasteiger partial charge in [0, 0.05) is 35.1 Å². The third kappa shape index (κ3) is 5.12. The summed E-state index contributed by atoms with van der Waals surface area (Å²) in [6, 6.07) is 19.0. The summed E-state index contributed by atoms with van der Waals surface area (Å²) in [5.41, 5.74) is 3.90. The summed E-state index contributed by atoms with van der Waals surface area (Å²) in [5.74, 6) is 1.14. The molecular weight excluding hydrogens is 416 g/mol. The second-order valence-electron chi connectivity index (χ2n) is 8.38. The first kappa shape index (κ1) is 22.3. The van der Waals surface area contributed by atoms with Crippen molar-refractivity contribution in [3.8, 4) is 16.9 Å². The van der Waals surface area contributed by atoms with E-state index >= 15 is 0 Å². The molecule has 1 amide bonds. The Kier molecular flexibility index (Phi) is 6.28. The van der Waals surface area contributed by atoms with Gasteiger partial charge >= 0.3 is 0 Å². The third-order valence-electron chi connectivity index (χ3n) is 5.51. The van der Waals surface area contributed by atoms with Gasteiger partial charge in [0.1, 0.15) is 5.75 Å². The number of anilines is 2. The van der Waals surface area contributed by atoms with Gasteiger partial charge in [0.15, 0.2) is 5.65 Å². The fraction of sp³-hybridized carbons (Fsp3) is 0.240. The van der Waals surface area contributed by atoms with Crippen LogP contribution in [-0.2, 0) is 0 Å². The van der Waals surface area contributed by atoms with Crippen molar-refractivity contribution < 1.29 is 9.53 Å². The molecule has 4 rings (SSSR count). The first-order valence-electron chi connectivity index (χ1n) is 10.7. The van der Waals surface area contributed by atoms with E-state index in [-0.39, 0.29) is 11.4 Å². The molecule has 0 aliphatic heterocycles. The van der Waals surface area contributed by atoms with E-state index < -0.39 is 0 Å². The number of benzene rings is 2. The molecule has 0 radical (unpaired) electrons. The summed E-state index contributed by atoms with van der Waals surface area (Å²) in [6.07, 6.45) is 1.86. The molecule has 0 atom stereocenters. The van der Waals surface area contributed by atoms with E-state index in [9.17, 15) is 4.79 Å². The summed E-state index contributed by atoms with van der Waals surface area (Å²) < 4.78 is 7.09. The van der Waals surface area contributed by atoms with Crippen LogP contribution in [0.15, 0.2) is 66.9 Å². The molecule has 3 N–H and O–H groups in total. The number of hydrogen-bond acceptors (Lipinski definition) is 6. The fourth-order valence-electron chi connectivity index (χ4n) is 3.30. The second kappa shape index (κ2) is 9.30. The van der Waals surface area contributed by atoms with Crippen molar-refractivity contribution in [2.24, 2.45) is 0 Å². The Morgan fingerprint density at radius 1 is 1.09 bits per heavy atom. The van der Waals surface area contributed by atoms with E-state index in [1.165, 1.54) is 0 Å². The van der Waals surface area contributed by atoms with E-state index in [0.717, 1.165) is 28.2 Å². The van der Waals surface area contributed by atoms with E-state index in [0.29, 0.717) is 18.1 Å². The van der Waals surface area contributed by atoms with Crippen LogP contribution in [0.25, 0.3) is 16.8 Å². The zero-order valence-corrected chi connectivity index (χ0v) is 19.2. The Morgan fingerprint density at radius 3 is 2.61 bits per heavy atom. The van der Waals surface area contributed by atoms with E-state index in [1.54, 1.807) is 23.8 Å². The van der Waals surface area contributed by atoms with Crippen LogP contribution < -0.4 is 20.7 Å². The van der Waals surface area contributed by atoms with Gasteiger partial charge in [-0.25, -0.2) is 4.52 Å². The maximum absolute atomic E-state index is 12.4. The monoisotopic (exact) mass is 444 g/mol. The molecular formula is C25H28N6O2. The van der Waals surface area contributed by atoms with Crippen molar-refractivity contribution in [1.82, 2.24) is 25.2 Å². The number of carbonyl (C=O) groups excluding carboxylic acids is 1. The normalized spacial score (nSPS) is 11.4. The Balaban J connectivity index is 1.51. The minimum atomic E-state index is -0.171. The van der Waals surface area contributed by atoms with Gasteiger partial charge in [-0.3, -0.25) is 4.79 Å². The second-order valence-corrected chi connectivity index (χ2v) is 8.38. The predicted octanol–water partition coefficient (Wildman–Crippen LogP) is 3.88. The van der Waals surface area contributed by atoms with Gasteiger partial charge in [0.05, 0.1) is 7.11 Å². The lowest BCUT2D eigenvalue weighted by Gasteiger charge is -2.24. The van der Waals surface area contributed by atoms with E-state index in [2.05, 4.69) is 26.0 Å². The van der Waals surface area contributed by atoms with Crippen LogP contribution in [0.1, 0.15) is 24.2 Å². The molecule has 2 aromatic heterocycles. The molecule has 0 saturated heterocycles. The number of fused-ring (bicyclic) bond motifs is 1. The minimum absolute atomic E-state index is 0.112. The lowest BCUT2D eigenvalue weighted by molar-refractivity contribution is 0.0943. The number of aromatic nitrogens is 3. The van der Waals surface area contributed by atoms with Gasteiger partial charge in [-0.15, -0.1) is 5.10 Å². The summed E-state index contributed by atoms with van der Waals surface area (Å²) in [7, 11) is 3.52. The van der Waals surface area contributed by atoms with Crippen molar-refractivity contribution in [2.75, 3.05) is 26.0 Å². The average Bonchev–Trinajstić information content (AvgIpc) is 3.25. The topological polar surface area (TPSA) is 92.6 Å². The standard InChI is InChI=1S/C25H28N6O2/c1-25(2,26-3)16-27-23(32)17-10-12-19(13-11-17)28-24-29-22-21(9-6-14-31(22)30-24)18-7-5-8-20(15-18)33-4/h5-15,26H,16H2,1-4H3,(H,27,32)(H,28,30). The quantitative estimate of drug-likeness (QED) is 0.382. The highest BCUT2D eigenvalue weighted by Gasteiger charge is 2.16. The van der Waals surface area contributed by atoms with Crippen molar-refractivity contribution >= 4 is 23.2 Å². The Hall–Kier alpha value is -3.91. The zero-order valence-electron chi connectivity index (χ0n) is 19.2. The zero-order chi connectivity index (χ0) is 23.4. The molecule has 4 aromatic rings. The smallest absolute Gasteiger partial charge is 0.251 e. The van der Waals surface area contributed by atoms with Crippen LogP contribution >= 0.6 is 0 Å². The Bertz CT molecular complexity index is 1260. The molecule has 8 nitrogen and oxygen atoms in total. The largest absolute Gasteiger partial charge is 0.497 e. The molecule has 0 fully saturated rings. The number of nitrogens with zero attached hydrogens (tertiary/aromatic N) is 3. The number of pyridine rings is 1. The van der Waals surface area contributed by atoms with Crippen LogP contribution in [0.2, 0.25) is 0 Å². The number of amides is 1. The highest BCUT2D eigenvalue weighted by Crippen LogP contribution is 2.27. The number of rotatable bonds is 8. The summed E-state index contributed by atoms with van der Waals surface area (Å²) in [6.45, 7) is 4.59. The maximum Gasteiger partial charge on any atom is 0.251 e. The predicted molar refractivity (Wildman–Crippen MR) is 130 cm³/mol. The maximum atomic E-state index is 12.4. The number of nitrogens with one attached hydrogen (secondary N) is 3. The lowest BCUT2D eigenvalue weighted by Crippen LogP contribution is -2.47. The molecule has 170 valence electrons. The van der Waals surface area contributed by atoms with Crippen LogP contribution in [0.3, 0.4) is 0 Å². The number of likely N-dealkylation sites (N-methyl/N-ethyl adjacent to an activating group) is 1. The molecule has 2 heterocycles. The van der Waals surface area contributed by atoms with Crippen molar-refractivity contribution in [3.63, 3.8) is 0 Å². The van der Waals surface area contributed by atoms with Gasteiger partial charge in [0.2, 0.25) is 5.95 Å². The molecule has 0 aliphatic rings. The van der Waals surface area contributed by atoms with E-state index in [4.69, 9.17) is 4.74 Å². The van der Waals surface area contributed by atoms with Gasteiger partial charge in [-0.05, 0) is 75.0 Å². The first-order chi connectivity index (χ1) is 15.9. The molecule has 2 aromatic carbocycles. The number of ether oxygens (including phenoxy) is 1. The summed E-state index contributed by atoms with van der Waals surface area (Å²) >= 11 is 0. The van der Waals surface area contributed by atoms with Gasteiger partial charge in [0.25, 0.3) is 5.91 Å². The van der Waals surface area contributed by atoms with Crippen LogP contribution in [0.4, 0.5) is 11.6 Å². The minimum Gasteiger partial charge on any atom is -0.497 e. The van der Waals surface area contributed by atoms with Crippen molar-refractivity contribution in [3.05, 3.63) is 72.4 Å². The molecule has 0 bridgehead atoms. The van der Waals surface area contributed by atoms with Gasteiger partial charge in [-0.2, -0.15) is 4.98 Å². The number of carbonyl (C=O) groups is 1. The lowest BCUT2D eigenvalue weighted by atomic mass is 10.1. The SMILES string of the molecule is CNC(C)(C)CNC(=O)c1ccc(Nc2nc3c(-c4cccc(OC)c4)cccn3n2)cc1. The van der Waals surface area contributed by atoms with Crippen LogP contribution in [0.5, 0.6) is 5.75 Å². The molecule has 0 spiro atoms. The molecule has 0 unspecified atom stereocenters. The fourth-order valence-corrected chi connectivity index (χ4v) is 3.30. The van der Waals surface area contributed by atoms with Gasteiger partial charge < -0.3 is 20.7 Å². The average molecular weight is 445 g/mol. The van der Waals surface area contributed by atoms with Crippen molar-refractivity contribution in [1.29, 1.82) is 0 Å². The highest BCUT2D eigenvalue weighted by atomic mass is 16.5. The van der Waals surface area contributed by atoms with Crippen molar-refractivity contribution in [2.45, 2.75) is 19.4 Å². The molecule has 8 heteroatoms. The summed E-state index contributed by atoms with van der Waals surface area (Å²) in [4.78, 5) is 17.1. The summed E-state index contributed by atoms with van der Waals surface area (Å²) in [5, 5.41) is 13.9. The van der Waals surface area contributed by atoms with E-state index in [1.807, 2.05) is 75.6 Å². The Morgan fingerprint density at radius 2 is 1.88 bits per heavy atom. The van der Waals surface area contributed by atoms with Gasteiger partial charge in [-0.1, -0.05) is 12.1 Å². The first-order valence-corrected chi connectivity index (χ1v) is 10.7. The number of methoxy groups -OCH3 is 1. The Labute approximate surface area is 193 Å². The number of hydrogen-bond donors (Lipinski definition) is 3. The molecule has 0 saturated carbocycles. The van der Waals surface area contributed by atoms with Crippen LogP contribution in [0, 0.1) is 0 Å². The third-order valence-corrected chi connectivity index (χ3v) is 5.51. The molecule has 33 heavy (non-hydrogen) atoms. The van der Waals surface area contributed by atoms with Crippen LogP contribution in [-0.4, -0.2) is 46.7 Å². The molecule has 0 aliphatic carbocycles. The highest BCUT2D eigenvalue weighted by molar-refractivity contribution is 5.94.